The van der Waals surface area contributed by atoms with Gasteiger partial charge in [0.2, 0.25) is 5.91 Å². The number of hydrogen-bond donors (Lipinski definition) is 2. The summed E-state index contributed by atoms with van der Waals surface area (Å²) in [5.41, 5.74) is 7.56. The number of aromatic nitrogens is 1. The highest BCUT2D eigenvalue weighted by atomic mass is 16.1. The van der Waals surface area contributed by atoms with E-state index in [4.69, 9.17) is 5.73 Å². The summed E-state index contributed by atoms with van der Waals surface area (Å²) in [6.45, 7) is 7.29. The number of carbonyl (C=O) groups excluding carboxylic acids is 1. The zero-order chi connectivity index (χ0) is 14.3. The van der Waals surface area contributed by atoms with Crippen LogP contribution in [-0.4, -0.2) is 17.4 Å². The maximum atomic E-state index is 11.9. The standard InChI is InChI=1S/C15H25N3O/c1-11(2)7-13(9-16)8-15(19)17-10-14-6-4-5-12(3)18-14/h4-6,11,13H,7-10,16H2,1-3H3,(H,17,19)/t13-/m0/s1. The number of nitrogens with one attached hydrogen (secondary N) is 1. The quantitative estimate of drug-likeness (QED) is 0.791. The number of rotatable bonds is 7. The van der Waals surface area contributed by atoms with Gasteiger partial charge in [-0.2, -0.15) is 0 Å². The third-order valence-corrected chi connectivity index (χ3v) is 3.02. The summed E-state index contributed by atoms with van der Waals surface area (Å²) in [6, 6.07) is 5.81. The van der Waals surface area contributed by atoms with Crippen LogP contribution < -0.4 is 11.1 Å². The molecule has 4 nitrogen and oxygen atoms in total. The van der Waals surface area contributed by atoms with E-state index in [1.54, 1.807) is 0 Å². The third-order valence-electron chi connectivity index (χ3n) is 3.02. The highest BCUT2D eigenvalue weighted by Crippen LogP contribution is 2.14. The molecule has 0 aliphatic rings. The zero-order valence-corrected chi connectivity index (χ0v) is 12.1. The molecule has 0 unspecified atom stereocenters. The molecule has 1 heterocycles. The van der Waals surface area contributed by atoms with Gasteiger partial charge in [-0.1, -0.05) is 19.9 Å². The minimum Gasteiger partial charge on any atom is -0.350 e. The number of amides is 1. The average molecular weight is 263 g/mol. The van der Waals surface area contributed by atoms with Gasteiger partial charge in [0.15, 0.2) is 0 Å². The van der Waals surface area contributed by atoms with Crippen LogP contribution in [0, 0.1) is 18.8 Å². The Morgan fingerprint density at radius 3 is 2.74 bits per heavy atom. The molecule has 0 saturated carbocycles. The van der Waals surface area contributed by atoms with Gasteiger partial charge in [0.25, 0.3) is 0 Å². The van der Waals surface area contributed by atoms with Gasteiger partial charge in [0.05, 0.1) is 12.2 Å². The summed E-state index contributed by atoms with van der Waals surface area (Å²) in [7, 11) is 0. The molecule has 1 amide bonds. The number of nitrogens with zero attached hydrogens (tertiary/aromatic N) is 1. The first-order valence-corrected chi connectivity index (χ1v) is 6.90. The summed E-state index contributed by atoms with van der Waals surface area (Å²) in [5.74, 6) is 0.893. The molecule has 0 spiro atoms. The Balaban J connectivity index is 2.38. The van der Waals surface area contributed by atoms with Crippen LogP contribution in [0.5, 0.6) is 0 Å². The zero-order valence-electron chi connectivity index (χ0n) is 12.1. The van der Waals surface area contributed by atoms with Crippen LogP contribution in [0.25, 0.3) is 0 Å². The number of hydrogen-bond acceptors (Lipinski definition) is 3. The highest BCUT2D eigenvalue weighted by molar-refractivity contribution is 5.76. The van der Waals surface area contributed by atoms with E-state index in [-0.39, 0.29) is 11.8 Å². The SMILES string of the molecule is Cc1cccc(CNC(=O)C[C@@H](CN)CC(C)C)n1. The lowest BCUT2D eigenvalue weighted by atomic mass is 9.94. The van der Waals surface area contributed by atoms with E-state index in [1.165, 1.54) is 0 Å². The van der Waals surface area contributed by atoms with Gasteiger partial charge in [-0.15, -0.1) is 0 Å². The Bertz CT molecular complexity index is 404. The lowest BCUT2D eigenvalue weighted by Gasteiger charge is -2.16. The summed E-state index contributed by atoms with van der Waals surface area (Å²) >= 11 is 0. The van der Waals surface area contributed by atoms with E-state index in [2.05, 4.69) is 24.1 Å². The van der Waals surface area contributed by atoms with Crippen LogP contribution >= 0.6 is 0 Å². The van der Waals surface area contributed by atoms with E-state index < -0.39 is 0 Å². The Labute approximate surface area is 115 Å². The molecule has 19 heavy (non-hydrogen) atoms. The molecule has 0 aliphatic carbocycles. The fraction of sp³-hybridized carbons (Fsp3) is 0.600. The fourth-order valence-corrected chi connectivity index (χ4v) is 2.15. The van der Waals surface area contributed by atoms with E-state index in [0.717, 1.165) is 17.8 Å². The van der Waals surface area contributed by atoms with Gasteiger partial charge in [-0.05, 0) is 43.9 Å². The molecular formula is C15H25N3O. The topological polar surface area (TPSA) is 68.0 Å². The van der Waals surface area contributed by atoms with Crippen molar-refractivity contribution in [2.75, 3.05) is 6.54 Å². The van der Waals surface area contributed by atoms with Crippen LogP contribution in [0.2, 0.25) is 0 Å². The fourth-order valence-electron chi connectivity index (χ4n) is 2.15. The molecule has 1 aromatic rings. The van der Waals surface area contributed by atoms with Gasteiger partial charge < -0.3 is 11.1 Å². The molecule has 0 radical (unpaired) electrons. The highest BCUT2D eigenvalue weighted by Gasteiger charge is 2.13. The molecule has 0 aromatic carbocycles. The molecule has 0 aliphatic heterocycles. The number of carbonyl (C=O) groups is 1. The number of aryl methyl sites for hydroxylation is 1. The van der Waals surface area contributed by atoms with Crippen LogP contribution in [-0.2, 0) is 11.3 Å². The first-order chi connectivity index (χ1) is 9.01. The van der Waals surface area contributed by atoms with Crippen LogP contribution in [0.1, 0.15) is 38.1 Å². The minimum atomic E-state index is 0.0550. The van der Waals surface area contributed by atoms with Crippen molar-refractivity contribution in [2.45, 2.75) is 40.2 Å². The number of nitrogens with two attached hydrogens (primary N) is 1. The Morgan fingerprint density at radius 2 is 2.16 bits per heavy atom. The summed E-state index contributed by atoms with van der Waals surface area (Å²) in [5, 5.41) is 2.91. The molecule has 0 bridgehead atoms. The van der Waals surface area contributed by atoms with Crippen molar-refractivity contribution in [1.29, 1.82) is 0 Å². The second-order valence-corrected chi connectivity index (χ2v) is 5.48. The van der Waals surface area contributed by atoms with Crippen molar-refractivity contribution in [3.05, 3.63) is 29.6 Å². The van der Waals surface area contributed by atoms with E-state index in [0.29, 0.717) is 25.4 Å². The molecule has 106 valence electrons. The van der Waals surface area contributed by atoms with Crippen LogP contribution in [0.15, 0.2) is 18.2 Å². The van der Waals surface area contributed by atoms with E-state index in [9.17, 15) is 4.79 Å². The monoisotopic (exact) mass is 263 g/mol. The molecule has 4 heteroatoms. The summed E-state index contributed by atoms with van der Waals surface area (Å²) in [4.78, 5) is 16.2. The van der Waals surface area contributed by atoms with E-state index >= 15 is 0 Å². The largest absolute Gasteiger partial charge is 0.350 e. The first-order valence-electron chi connectivity index (χ1n) is 6.90. The predicted molar refractivity (Wildman–Crippen MR) is 77.4 cm³/mol. The van der Waals surface area contributed by atoms with Crippen molar-refractivity contribution in [1.82, 2.24) is 10.3 Å². The van der Waals surface area contributed by atoms with Crippen molar-refractivity contribution >= 4 is 5.91 Å². The van der Waals surface area contributed by atoms with Gasteiger partial charge >= 0.3 is 0 Å². The molecule has 3 N–H and O–H groups in total. The Morgan fingerprint density at radius 1 is 1.42 bits per heavy atom. The summed E-state index contributed by atoms with van der Waals surface area (Å²) in [6.07, 6.45) is 1.49. The van der Waals surface area contributed by atoms with Gasteiger partial charge in [-0.3, -0.25) is 9.78 Å². The molecule has 0 fully saturated rings. The van der Waals surface area contributed by atoms with Crippen molar-refractivity contribution in [3.63, 3.8) is 0 Å². The van der Waals surface area contributed by atoms with Gasteiger partial charge in [0.1, 0.15) is 0 Å². The Hall–Kier alpha value is -1.42. The van der Waals surface area contributed by atoms with Crippen molar-refractivity contribution in [2.24, 2.45) is 17.6 Å². The minimum absolute atomic E-state index is 0.0550. The third kappa shape index (κ3) is 6.34. The molecule has 1 rings (SSSR count). The maximum Gasteiger partial charge on any atom is 0.220 e. The van der Waals surface area contributed by atoms with Crippen molar-refractivity contribution in [3.8, 4) is 0 Å². The molecule has 0 saturated heterocycles. The van der Waals surface area contributed by atoms with Crippen LogP contribution in [0.4, 0.5) is 0 Å². The average Bonchev–Trinajstić information content (AvgIpc) is 2.35. The Kier molecular flexibility index (Phi) is 6.50. The number of pyridine rings is 1. The molecule has 1 atom stereocenters. The second-order valence-electron chi connectivity index (χ2n) is 5.48. The van der Waals surface area contributed by atoms with Crippen molar-refractivity contribution < 1.29 is 4.79 Å². The normalized spacial score (nSPS) is 12.5. The molecule has 1 aromatic heterocycles. The van der Waals surface area contributed by atoms with E-state index in [1.807, 2.05) is 25.1 Å². The smallest absolute Gasteiger partial charge is 0.220 e. The second kappa shape index (κ2) is 7.89. The van der Waals surface area contributed by atoms with Gasteiger partial charge in [0, 0.05) is 12.1 Å². The lowest BCUT2D eigenvalue weighted by molar-refractivity contribution is -0.122. The van der Waals surface area contributed by atoms with Gasteiger partial charge in [-0.25, -0.2) is 0 Å². The molecular weight excluding hydrogens is 238 g/mol. The van der Waals surface area contributed by atoms with Crippen LogP contribution in [0.3, 0.4) is 0 Å². The predicted octanol–water partition coefficient (Wildman–Crippen LogP) is 2.02. The first kappa shape index (κ1) is 15.6. The summed E-state index contributed by atoms with van der Waals surface area (Å²) < 4.78 is 0. The lowest BCUT2D eigenvalue weighted by Crippen LogP contribution is -2.28. The maximum absolute atomic E-state index is 11.9.